The fourth-order valence-corrected chi connectivity index (χ4v) is 0. The van der Waals surface area contributed by atoms with Crippen LogP contribution < -0.4 is 29.6 Å². The maximum Gasteiger partial charge on any atom is 2.00 e. The van der Waals surface area contributed by atoms with E-state index in [1.807, 2.05) is 0 Å². The summed E-state index contributed by atoms with van der Waals surface area (Å²) in [6, 6.07) is 0. The van der Waals surface area contributed by atoms with Gasteiger partial charge in [-0.3, -0.25) is 0 Å². The molecule has 0 radical (unpaired) electrons. The van der Waals surface area contributed by atoms with Gasteiger partial charge in [-0.15, -0.1) is 0 Å². The number of hydrogen-bond donors (Lipinski definition) is 4. The van der Waals surface area contributed by atoms with Crippen LogP contribution in [0, 0.1) is 0 Å². The largest absolute Gasteiger partial charge is 2.00 e. The van der Waals surface area contributed by atoms with E-state index in [4.69, 9.17) is 19.2 Å². The summed E-state index contributed by atoms with van der Waals surface area (Å²) >= 11 is 0. The van der Waals surface area contributed by atoms with E-state index in [-0.39, 0.29) is 115 Å². The van der Waals surface area contributed by atoms with Crippen molar-refractivity contribution in [1.82, 2.24) is 0 Å². The zero-order valence-corrected chi connectivity index (χ0v) is 11.3. The first-order valence-corrected chi connectivity index (χ1v) is 2.68. The molecule has 0 fully saturated rings. The van der Waals surface area contributed by atoms with Crippen molar-refractivity contribution < 1.29 is 55.9 Å². The van der Waals surface area contributed by atoms with Gasteiger partial charge in [0.2, 0.25) is 0 Å². The van der Waals surface area contributed by atoms with Crippen molar-refractivity contribution >= 4 is 87.2 Å². The van der Waals surface area contributed by atoms with Gasteiger partial charge < -0.3 is 26.3 Å². The molecule has 0 aromatic rings. The zero-order valence-electron chi connectivity index (χ0n) is 9.70. The van der Waals surface area contributed by atoms with Crippen molar-refractivity contribution in [2.75, 3.05) is 0 Å². The minimum Gasteiger partial charge on any atom is -1.00 e. The van der Waals surface area contributed by atoms with E-state index >= 15 is 0 Å². The minimum absolute atomic E-state index is 0. The van der Waals surface area contributed by atoms with Crippen LogP contribution in [0.1, 0.15) is 7.13 Å². The van der Waals surface area contributed by atoms with Crippen LogP contribution in [0.25, 0.3) is 0 Å². The molecule has 0 aliphatic heterocycles. The molecule has 48 valence electrons. The van der Waals surface area contributed by atoms with Crippen molar-refractivity contribution in [1.29, 1.82) is 0 Å². The summed E-state index contributed by atoms with van der Waals surface area (Å²) in [7, 11) is -4.61. The van der Waals surface area contributed by atoms with Gasteiger partial charge in [-0.05, 0) is 0 Å². The molecular weight excluding hydrogens is 206 g/mol. The third kappa shape index (κ3) is 82.2. The van der Waals surface area contributed by atoms with E-state index in [0.717, 1.165) is 0 Å². The van der Waals surface area contributed by atoms with E-state index in [2.05, 4.69) is 0 Å². The Bertz CT molecular complexity index is 49.2. The molecule has 0 atom stereocenters. The minimum atomic E-state index is -4.61. The standard InChI is InChI=1S/Al.Ca.Mg.Na.H4O4Si.8H/c;;;;1-5(2,3)4;;;;;;;;/h;;;;1-4H;;;;;;;;/q;2*+2;+1;;;;;5*-1. The van der Waals surface area contributed by atoms with Gasteiger partial charge >= 0.3 is 99.4 Å². The molecule has 0 unspecified atom stereocenters. The van der Waals surface area contributed by atoms with Crippen LogP contribution in [0.3, 0.4) is 0 Å². The molecule has 0 amide bonds. The topological polar surface area (TPSA) is 80.9 Å². The Labute approximate surface area is 141 Å². The van der Waals surface area contributed by atoms with Gasteiger partial charge in [0.1, 0.15) is 0 Å². The molecule has 4 nitrogen and oxygen atoms in total. The molecule has 0 saturated heterocycles. The quantitative estimate of drug-likeness (QED) is 0.305. The fourth-order valence-electron chi connectivity index (χ4n) is 0. The van der Waals surface area contributed by atoms with Crippen molar-refractivity contribution in [3.63, 3.8) is 0 Å². The van der Waals surface area contributed by atoms with Gasteiger partial charge in [0.15, 0.2) is 17.4 Å². The summed E-state index contributed by atoms with van der Waals surface area (Å²) in [6.45, 7) is 0. The normalized spacial score (nSPS) is 6.67. The van der Waals surface area contributed by atoms with Crippen LogP contribution in [0.5, 0.6) is 0 Å². The van der Waals surface area contributed by atoms with Gasteiger partial charge in [0.25, 0.3) is 0 Å². The van der Waals surface area contributed by atoms with Crippen molar-refractivity contribution in [2.24, 2.45) is 0 Å². The summed E-state index contributed by atoms with van der Waals surface area (Å²) in [4.78, 5) is 29.3. The van der Waals surface area contributed by atoms with Crippen molar-refractivity contribution in [3.05, 3.63) is 0 Å². The second-order valence-electron chi connectivity index (χ2n) is 0.600. The van der Waals surface area contributed by atoms with Gasteiger partial charge in [0, 0.05) is 0 Å². The Kier molecular flexibility index (Phi) is 46.2. The third-order valence-corrected chi connectivity index (χ3v) is 0. The van der Waals surface area contributed by atoms with E-state index in [9.17, 15) is 0 Å². The molecule has 0 bridgehead atoms. The van der Waals surface area contributed by atoms with Gasteiger partial charge in [-0.2, -0.15) is 0 Å². The van der Waals surface area contributed by atoms with Crippen LogP contribution in [0.4, 0.5) is 0 Å². The van der Waals surface area contributed by atoms with E-state index in [0.29, 0.717) is 0 Å². The Morgan fingerprint density at radius 1 is 1.00 bits per heavy atom. The summed E-state index contributed by atoms with van der Waals surface area (Å²) in [5, 5.41) is 0. The number of hydrogen-bond acceptors (Lipinski definition) is 4. The first-order valence-electron chi connectivity index (χ1n) is 0.894. The molecular formula is H12AlCaMgNaO4Si. The van der Waals surface area contributed by atoms with Crippen LogP contribution >= 0.6 is 0 Å². The van der Waals surface area contributed by atoms with E-state index in [1.165, 1.54) is 0 Å². The van der Waals surface area contributed by atoms with Gasteiger partial charge in [0.05, 0.1) is 0 Å². The maximum atomic E-state index is 7.33. The molecule has 0 aliphatic rings. The maximum absolute atomic E-state index is 7.33. The summed E-state index contributed by atoms with van der Waals surface area (Å²) < 4.78 is 0. The molecule has 9 heteroatoms. The Morgan fingerprint density at radius 3 is 1.00 bits per heavy atom. The fraction of sp³-hybridized carbons (Fsp3) is 0. The molecule has 0 aromatic heterocycles. The molecule has 9 heavy (non-hydrogen) atoms. The molecule has 0 saturated carbocycles. The molecule has 0 heterocycles. The second kappa shape index (κ2) is 14.2. The summed E-state index contributed by atoms with van der Waals surface area (Å²) in [6.07, 6.45) is 0. The third-order valence-electron chi connectivity index (χ3n) is 0. The first kappa shape index (κ1) is 29.3. The second-order valence-corrected chi connectivity index (χ2v) is 1.80. The van der Waals surface area contributed by atoms with Crippen LogP contribution in [-0.2, 0) is 0 Å². The number of rotatable bonds is 0. The first-order chi connectivity index (χ1) is 2.00. The smallest absolute Gasteiger partial charge is 1.00 e. The van der Waals surface area contributed by atoms with E-state index < -0.39 is 9.05 Å². The van der Waals surface area contributed by atoms with E-state index in [1.54, 1.807) is 0 Å². The SMILES string of the molecule is O[Si](O)(O)O.[AlH3].[Ca+2].[H-].[H-].[H-].[H-].[H-].[Mg+2].[Na+]. The Hall–Kier alpha value is 3.62. The average molecular weight is 219 g/mol. The molecule has 4 N–H and O–H groups in total. The van der Waals surface area contributed by atoms with Crippen LogP contribution in [-0.4, -0.2) is 106 Å². The monoisotopic (exact) mass is 218 g/mol. The van der Waals surface area contributed by atoms with Gasteiger partial charge in [-0.1, -0.05) is 0 Å². The molecule has 0 aliphatic carbocycles. The van der Waals surface area contributed by atoms with Gasteiger partial charge in [-0.25, -0.2) is 0 Å². The molecule has 0 spiro atoms. The predicted octanol–water partition coefficient (Wildman–Crippen LogP) is -6.99. The predicted molar refractivity (Wildman–Crippen MR) is 41.6 cm³/mol. The zero-order chi connectivity index (χ0) is 4.50. The van der Waals surface area contributed by atoms with Crippen LogP contribution in [0.2, 0.25) is 0 Å². The molecule has 0 aromatic carbocycles. The Morgan fingerprint density at radius 2 is 1.00 bits per heavy atom. The van der Waals surface area contributed by atoms with Crippen molar-refractivity contribution in [3.8, 4) is 0 Å². The Balaban J connectivity index is -0.00000000222. The summed E-state index contributed by atoms with van der Waals surface area (Å²) in [5.74, 6) is 0. The average Bonchev–Trinajstić information content (AvgIpc) is 0.722. The summed E-state index contributed by atoms with van der Waals surface area (Å²) in [5.41, 5.74) is 0. The van der Waals surface area contributed by atoms with Crippen LogP contribution in [0.15, 0.2) is 0 Å². The molecule has 0 rings (SSSR count). The van der Waals surface area contributed by atoms with Crippen molar-refractivity contribution in [2.45, 2.75) is 0 Å².